The monoisotopic (exact) mass is 553 g/mol. The Hall–Kier alpha value is -4.47. The van der Waals surface area contributed by atoms with Gasteiger partial charge in [-0.25, -0.2) is 4.79 Å². The lowest BCUT2D eigenvalue weighted by Gasteiger charge is -2.32. The van der Waals surface area contributed by atoms with E-state index in [1.165, 1.54) is 0 Å². The van der Waals surface area contributed by atoms with Crippen molar-refractivity contribution >= 4 is 46.1 Å². The second kappa shape index (κ2) is 12.4. The average Bonchev–Trinajstić information content (AvgIpc) is 3.32. The van der Waals surface area contributed by atoms with Gasteiger partial charge in [0.05, 0.1) is 35.7 Å². The van der Waals surface area contributed by atoms with Gasteiger partial charge < -0.3 is 25.2 Å². The Morgan fingerprint density at radius 3 is 2.34 bits per heavy atom. The second-order valence-electron chi connectivity index (χ2n) is 10.3. The van der Waals surface area contributed by atoms with E-state index in [1.54, 1.807) is 37.1 Å². The molecule has 0 spiro atoms. The number of nitrogens with one attached hydrogen (secondary N) is 2. The summed E-state index contributed by atoms with van der Waals surface area (Å²) in [5, 5.41) is 6.34. The lowest BCUT2D eigenvalue weighted by molar-refractivity contribution is -0.119. The summed E-state index contributed by atoms with van der Waals surface area (Å²) in [4.78, 5) is 44.6. The van der Waals surface area contributed by atoms with Crippen LogP contribution in [-0.2, 0) is 14.3 Å². The van der Waals surface area contributed by atoms with Crippen molar-refractivity contribution in [3.05, 3.63) is 89.5 Å². The van der Waals surface area contributed by atoms with E-state index in [4.69, 9.17) is 4.74 Å². The molecule has 3 aromatic carbocycles. The summed E-state index contributed by atoms with van der Waals surface area (Å²) in [6.45, 7) is 6.11. The Morgan fingerprint density at radius 2 is 1.66 bits per heavy atom. The Bertz CT molecular complexity index is 1460. The molecule has 0 radical (unpaired) electrons. The van der Waals surface area contributed by atoms with Gasteiger partial charge in [0.2, 0.25) is 5.91 Å². The molecular weight excluding hydrogens is 518 g/mol. The third kappa shape index (κ3) is 6.32. The van der Waals surface area contributed by atoms with Crippen LogP contribution in [0.2, 0.25) is 0 Å². The van der Waals surface area contributed by atoms with Crippen molar-refractivity contribution in [2.24, 2.45) is 0 Å². The molecule has 212 valence electrons. The molecule has 2 amide bonds. The van der Waals surface area contributed by atoms with E-state index < -0.39 is 5.97 Å². The summed E-state index contributed by atoms with van der Waals surface area (Å²) in [6.07, 6.45) is 0. The molecule has 2 N–H and O–H groups in total. The number of hydrogen-bond donors (Lipinski definition) is 2. The fourth-order valence-electron chi connectivity index (χ4n) is 5.01. The fraction of sp³-hybridized carbons (Fsp3) is 0.281. The first-order chi connectivity index (χ1) is 19.8. The van der Waals surface area contributed by atoms with E-state index in [0.29, 0.717) is 34.6 Å². The number of nitrogens with zero attached hydrogens (tertiary/aromatic N) is 3. The van der Waals surface area contributed by atoms with E-state index in [9.17, 15) is 14.4 Å². The number of amides is 2. The zero-order valence-corrected chi connectivity index (χ0v) is 23.6. The van der Waals surface area contributed by atoms with Gasteiger partial charge in [-0.3, -0.25) is 14.5 Å². The van der Waals surface area contributed by atoms with Crippen molar-refractivity contribution in [2.75, 3.05) is 69.0 Å². The average molecular weight is 554 g/mol. The van der Waals surface area contributed by atoms with Crippen LogP contribution in [0.3, 0.4) is 0 Å². The number of esters is 1. The molecule has 0 bridgehead atoms. The minimum absolute atomic E-state index is 0.0452. The Labute approximate surface area is 240 Å². The number of rotatable bonds is 8. The third-order valence-electron chi connectivity index (χ3n) is 7.44. The molecule has 5 rings (SSSR count). The van der Waals surface area contributed by atoms with Crippen LogP contribution in [-0.4, -0.2) is 81.0 Å². The van der Waals surface area contributed by atoms with Crippen LogP contribution in [0.15, 0.2) is 72.8 Å². The Morgan fingerprint density at radius 1 is 0.951 bits per heavy atom. The summed E-state index contributed by atoms with van der Waals surface area (Å²) in [5.74, 6) is -0.655. The van der Waals surface area contributed by atoms with Gasteiger partial charge in [-0.1, -0.05) is 36.4 Å². The predicted molar refractivity (Wildman–Crippen MR) is 162 cm³/mol. The standard InChI is InChI=1S/C32H35N5O4/c1-4-41-32(40)23-10-15-26-27(20-23)34-31(39)29(26)30(22-8-6-5-7-9-22)33-24-11-13-25(14-12-24)36(3)28(38)21-37-18-16-35(2)17-19-37/h5-15,20,33H,4,16-19,21H2,1-3H3,(H,34,39)/b30-29-. The highest BCUT2D eigenvalue weighted by molar-refractivity contribution is 6.37. The SMILES string of the molecule is CCOC(=O)c1ccc2c(c1)NC(=O)/C2=C(\Nc1ccc(N(C)C(=O)CN2CCN(C)CC2)cc1)c1ccccc1. The van der Waals surface area contributed by atoms with Crippen molar-refractivity contribution in [1.29, 1.82) is 0 Å². The van der Waals surface area contributed by atoms with Crippen molar-refractivity contribution in [3.8, 4) is 0 Å². The smallest absolute Gasteiger partial charge is 0.338 e. The first kappa shape index (κ1) is 28.1. The molecule has 0 unspecified atom stereocenters. The lowest BCUT2D eigenvalue weighted by atomic mass is 9.99. The van der Waals surface area contributed by atoms with Gasteiger partial charge in [-0.2, -0.15) is 0 Å². The van der Waals surface area contributed by atoms with Crippen molar-refractivity contribution < 1.29 is 19.1 Å². The van der Waals surface area contributed by atoms with Gasteiger partial charge >= 0.3 is 5.97 Å². The number of benzene rings is 3. The summed E-state index contributed by atoms with van der Waals surface area (Å²) in [6, 6.07) is 22.3. The minimum Gasteiger partial charge on any atom is -0.462 e. The Balaban J connectivity index is 1.39. The van der Waals surface area contributed by atoms with Crippen LogP contribution in [0.25, 0.3) is 11.3 Å². The van der Waals surface area contributed by atoms with E-state index in [2.05, 4.69) is 27.5 Å². The molecule has 3 aromatic rings. The van der Waals surface area contributed by atoms with Gasteiger partial charge in [0, 0.05) is 50.2 Å². The summed E-state index contributed by atoms with van der Waals surface area (Å²) in [7, 11) is 3.89. The molecule has 1 saturated heterocycles. The number of piperazine rings is 1. The molecule has 1 fully saturated rings. The molecule has 9 heteroatoms. The number of fused-ring (bicyclic) bond motifs is 1. The molecule has 0 saturated carbocycles. The Kier molecular flexibility index (Phi) is 8.47. The van der Waals surface area contributed by atoms with Gasteiger partial charge in [0.15, 0.2) is 0 Å². The van der Waals surface area contributed by atoms with E-state index in [0.717, 1.165) is 43.1 Å². The van der Waals surface area contributed by atoms with Crippen molar-refractivity contribution in [2.45, 2.75) is 6.92 Å². The van der Waals surface area contributed by atoms with E-state index in [1.807, 2.05) is 54.6 Å². The molecule has 0 aromatic heterocycles. The maximum absolute atomic E-state index is 13.3. The number of anilines is 3. The summed E-state index contributed by atoms with van der Waals surface area (Å²) in [5.41, 5.74) is 5.14. The molecule has 2 heterocycles. The zero-order chi connectivity index (χ0) is 28.9. The van der Waals surface area contributed by atoms with Crippen LogP contribution >= 0.6 is 0 Å². The molecule has 41 heavy (non-hydrogen) atoms. The van der Waals surface area contributed by atoms with Crippen molar-refractivity contribution in [3.63, 3.8) is 0 Å². The summed E-state index contributed by atoms with van der Waals surface area (Å²) >= 11 is 0. The highest BCUT2D eigenvalue weighted by Crippen LogP contribution is 2.38. The van der Waals surface area contributed by atoms with Gasteiger partial charge in [-0.15, -0.1) is 0 Å². The van der Waals surface area contributed by atoms with Crippen LogP contribution in [0, 0.1) is 0 Å². The number of likely N-dealkylation sites (N-methyl/N-ethyl adjacent to an activating group) is 2. The topological polar surface area (TPSA) is 94.2 Å². The minimum atomic E-state index is -0.435. The molecule has 2 aliphatic rings. The van der Waals surface area contributed by atoms with Crippen molar-refractivity contribution in [1.82, 2.24) is 9.80 Å². The molecule has 0 atom stereocenters. The highest BCUT2D eigenvalue weighted by atomic mass is 16.5. The predicted octanol–water partition coefficient (Wildman–Crippen LogP) is 4.01. The number of carbonyl (C=O) groups excluding carboxylic acids is 3. The van der Waals surface area contributed by atoms with Crippen LogP contribution in [0.5, 0.6) is 0 Å². The molecule has 2 aliphatic heterocycles. The van der Waals surface area contributed by atoms with Gasteiger partial charge in [-0.05, 0) is 55.9 Å². The summed E-state index contributed by atoms with van der Waals surface area (Å²) < 4.78 is 5.12. The van der Waals surface area contributed by atoms with Crippen LogP contribution in [0.4, 0.5) is 17.1 Å². The largest absolute Gasteiger partial charge is 0.462 e. The van der Waals surface area contributed by atoms with E-state index >= 15 is 0 Å². The molecular formula is C32H35N5O4. The third-order valence-corrected chi connectivity index (χ3v) is 7.44. The van der Waals surface area contributed by atoms with Gasteiger partial charge in [0.1, 0.15) is 0 Å². The first-order valence-electron chi connectivity index (χ1n) is 13.8. The molecule has 9 nitrogen and oxygen atoms in total. The maximum atomic E-state index is 13.3. The first-order valence-corrected chi connectivity index (χ1v) is 13.8. The maximum Gasteiger partial charge on any atom is 0.338 e. The normalized spacial score (nSPS) is 16.5. The van der Waals surface area contributed by atoms with Gasteiger partial charge in [0.25, 0.3) is 5.91 Å². The second-order valence-corrected chi connectivity index (χ2v) is 10.3. The number of ether oxygens (including phenoxy) is 1. The zero-order valence-electron chi connectivity index (χ0n) is 23.6. The van der Waals surface area contributed by atoms with Crippen LogP contribution < -0.4 is 15.5 Å². The number of carbonyl (C=O) groups is 3. The fourth-order valence-corrected chi connectivity index (χ4v) is 5.01. The van der Waals surface area contributed by atoms with Crippen LogP contribution in [0.1, 0.15) is 28.4 Å². The quantitative estimate of drug-likeness (QED) is 0.322. The lowest BCUT2D eigenvalue weighted by Crippen LogP contribution is -2.48. The number of hydrogen-bond acceptors (Lipinski definition) is 7. The van der Waals surface area contributed by atoms with E-state index in [-0.39, 0.29) is 18.4 Å². The molecule has 0 aliphatic carbocycles. The highest BCUT2D eigenvalue weighted by Gasteiger charge is 2.29.